The van der Waals surface area contributed by atoms with Gasteiger partial charge in [0.2, 0.25) is 0 Å². The fourth-order valence-electron chi connectivity index (χ4n) is 3.83. The van der Waals surface area contributed by atoms with Gasteiger partial charge >= 0.3 is 0 Å². The van der Waals surface area contributed by atoms with Gasteiger partial charge in [-0.05, 0) is 72.1 Å². The van der Waals surface area contributed by atoms with Crippen molar-refractivity contribution in [3.63, 3.8) is 0 Å². The number of hydrogen-bond acceptors (Lipinski definition) is 6. The summed E-state index contributed by atoms with van der Waals surface area (Å²) in [6.07, 6.45) is 3.18. The van der Waals surface area contributed by atoms with Crippen LogP contribution in [0.3, 0.4) is 0 Å². The molecule has 0 radical (unpaired) electrons. The zero-order valence-corrected chi connectivity index (χ0v) is 19.3. The van der Waals surface area contributed by atoms with Crippen molar-refractivity contribution in [3.05, 3.63) is 89.8 Å². The number of amides is 1. The third kappa shape index (κ3) is 4.50. The van der Waals surface area contributed by atoms with E-state index >= 15 is 0 Å². The second-order valence-corrected chi connectivity index (χ2v) is 8.38. The smallest absolute Gasteiger partial charge is 0.300 e. The van der Waals surface area contributed by atoms with Gasteiger partial charge in [-0.1, -0.05) is 13.8 Å². The second kappa shape index (κ2) is 9.79. The molecule has 174 valence electrons. The van der Waals surface area contributed by atoms with Crippen LogP contribution in [0.5, 0.6) is 11.5 Å². The molecule has 1 aliphatic rings. The first kappa shape index (κ1) is 23.0. The van der Waals surface area contributed by atoms with Crippen molar-refractivity contribution < 1.29 is 24.2 Å². The fraction of sp³-hybridized carbons (Fsp3) is 0.222. The van der Waals surface area contributed by atoms with Gasteiger partial charge in [-0.3, -0.25) is 19.5 Å². The predicted octanol–water partition coefficient (Wildman–Crippen LogP) is 4.75. The van der Waals surface area contributed by atoms with Gasteiger partial charge in [-0.25, -0.2) is 0 Å². The summed E-state index contributed by atoms with van der Waals surface area (Å²) in [6.45, 7) is 4.68. The molecule has 3 aromatic rings. The molecule has 0 saturated carbocycles. The molecule has 1 fully saturated rings. The number of nitrogens with zero attached hydrogens (tertiary/aromatic N) is 2. The van der Waals surface area contributed by atoms with Crippen molar-refractivity contribution in [3.8, 4) is 11.5 Å². The second-order valence-electron chi connectivity index (χ2n) is 8.38. The average molecular weight is 459 g/mol. The molecule has 0 spiro atoms. The van der Waals surface area contributed by atoms with Gasteiger partial charge in [0.05, 0.1) is 25.3 Å². The number of pyridine rings is 1. The summed E-state index contributed by atoms with van der Waals surface area (Å²) >= 11 is 0. The molecule has 7 nitrogen and oxygen atoms in total. The first-order valence-electron chi connectivity index (χ1n) is 11.0. The normalized spacial score (nSPS) is 17.3. The summed E-state index contributed by atoms with van der Waals surface area (Å²) in [7, 11) is 1.55. The van der Waals surface area contributed by atoms with E-state index in [1.54, 1.807) is 80.2 Å². The molecule has 1 aromatic heterocycles. The molecular weight excluding hydrogens is 432 g/mol. The highest BCUT2D eigenvalue weighted by molar-refractivity contribution is 6.51. The third-order valence-electron chi connectivity index (χ3n) is 5.53. The summed E-state index contributed by atoms with van der Waals surface area (Å²) in [5, 5.41) is 11.2. The molecule has 4 rings (SSSR count). The highest BCUT2D eigenvalue weighted by atomic mass is 16.5. The Morgan fingerprint density at radius 2 is 1.59 bits per heavy atom. The molecule has 1 aliphatic heterocycles. The van der Waals surface area contributed by atoms with Crippen molar-refractivity contribution in [1.82, 2.24) is 4.98 Å². The molecule has 1 N–H and O–H groups in total. The molecule has 2 aromatic carbocycles. The minimum absolute atomic E-state index is 0.0165. The van der Waals surface area contributed by atoms with Crippen LogP contribution in [0, 0.1) is 5.92 Å². The Balaban J connectivity index is 1.79. The van der Waals surface area contributed by atoms with Crippen LogP contribution in [0.1, 0.15) is 31.0 Å². The maximum absolute atomic E-state index is 13.2. The van der Waals surface area contributed by atoms with Crippen LogP contribution in [-0.2, 0) is 9.59 Å². The molecule has 7 heteroatoms. The Kier molecular flexibility index (Phi) is 6.63. The monoisotopic (exact) mass is 458 g/mol. The molecule has 1 unspecified atom stereocenters. The fourth-order valence-corrected chi connectivity index (χ4v) is 3.83. The highest BCUT2D eigenvalue weighted by Gasteiger charge is 2.46. The van der Waals surface area contributed by atoms with E-state index in [0.717, 1.165) is 0 Å². The highest BCUT2D eigenvalue weighted by Crippen LogP contribution is 2.42. The third-order valence-corrected chi connectivity index (χ3v) is 5.53. The van der Waals surface area contributed by atoms with Gasteiger partial charge in [0.15, 0.2) is 0 Å². The number of anilines is 1. The summed E-state index contributed by atoms with van der Waals surface area (Å²) in [6, 6.07) is 16.3. The number of ether oxygens (including phenoxy) is 2. The van der Waals surface area contributed by atoms with Gasteiger partial charge in [0.1, 0.15) is 17.3 Å². The van der Waals surface area contributed by atoms with Crippen LogP contribution in [0.25, 0.3) is 5.76 Å². The Bertz CT molecular complexity index is 1200. The standard InChI is InChI=1S/C27H26N2O5/c1-17(2)16-34-22-8-4-19(5-9-22)25(30)23-24(18-12-14-28-15-13-18)29(27(32)26(23)31)20-6-10-21(33-3)11-7-20/h4-15,17,24,30H,16H2,1-3H3/b25-23-. The minimum Gasteiger partial charge on any atom is -0.507 e. The van der Waals surface area contributed by atoms with Crippen LogP contribution in [-0.4, -0.2) is 35.5 Å². The lowest BCUT2D eigenvalue weighted by Gasteiger charge is -2.25. The van der Waals surface area contributed by atoms with E-state index in [9.17, 15) is 14.7 Å². The predicted molar refractivity (Wildman–Crippen MR) is 129 cm³/mol. The maximum atomic E-state index is 13.2. The van der Waals surface area contributed by atoms with E-state index in [1.165, 1.54) is 4.90 Å². The summed E-state index contributed by atoms with van der Waals surface area (Å²) < 4.78 is 10.9. The van der Waals surface area contributed by atoms with Gasteiger partial charge < -0.3 is 14.6 Å². The number of rotatable bonds is 7. The average Bonchev–Trinajstić information content (AvgIpc) is 3.13. The number of ketones is 1. The topological polar surface area (TPSA) is 89.0 Å². The number of Topliss-reactive ketones (excluding diaryl/α,β-unsaturated/α-hetero) is 1. The van der Waals surface area contributed by atoms with Gasteiger partial charge in [-0.2, -0.15) is 0 Å². The van der Waals surface area contributed by atoms with Crippen LogP contribution in [0.2, 0.25) is 0 Å². The van der Waals surface area contributed by atoms with E-state index in [1.807, 2.05) is 0 Å². The lowest BCUT2D eigenvalue weighted by Crippen LogP contribution is -2.29. The first-order chi connectivity index (χ1) is 16.4. The SMILES string of the molecule is COc1ccc(N2C(=O)C(=O)/C(=C(\O)c3ccc(OCC(C)C)cc3)C2c2ccncc2)cc1. The molecule has 0 bridgehead atoms. The lowest BCUT2D eigenvalue weighted by atomic mass is 9.95. The Morgan fingerprint density at radius 3 is 2.18 bits per heavy atom. The van der Waals surface area contributed by atoms with Crippen molar-refractivity contribution >= 4 is 23.1 Å². The van der Waals surface area contributed by atoms with Crippen LogP contribution in [0.15, 0.2) is 78.6 Å². The van der Waals surface area contributed by atoms with Crippen molar-refractivity contribution in [2.75, 3.05) is 18.6 Å². The van der Waals surface area contributed by atoms with Gasteiger partial charge in [0, 0.05) is 23.6 Å². The number of aliphatic hydroxyl groups excluding tert-OH is 1. The van der Waals surface area contributed by atoms with Gasteiger partial charge in [-0.15, -0.1) is 0 Å². The summed E-state index contributed by atoms with van der Waals surface area (Å²) in [5.41, 5.74) is 1.61. The van der Waals surface area contributed by atoms with Crippen molar-refractivity contribution in [2.45, 2.75) is 19.9 Å². The number of benzene rings is 2. The summed E-state index contributed by atoms with van der Waals surface area (Å²) in [5.74, 6) is -0.0511. The van der Waals surface area contributed by atoms with E-state index in [2.05, 4.69) is 18.8 Å². The number of methoxy groups -OCH3 is 1. The Labute approximate surface area is 198 Å². The van der Waals surface area contributed by atoms with Crippen LogP contribution < -0.4 is 14.4 Å². The van der Waals surface area contributed by atoms with E-state index < -0.39 is 17.7 Å². The van der Waals surface area contributed by atoms with Crippen molar-refractivity contribution in [1.29, 1.82) is 0 Å². The van der Waals surface area contributed by atoms with E-state index in [4.69, 9.17) is 9.47 Å². The number of carbonyl (C=O) groups is 2. The number of aliphatic hydroxyl groups is 1. The van der Waals surface area contributed by atoms with Gasteiger partial charge in [0.25, 0.3) is 11.7 Å². The lowest BCUT2D eigenvalue weighted by molar-refractivity contribution is -0.132. The summed E-state index contributed by atoms with van der Waals surface area (Å²) in [4.78, 5) is 31.8. The quantitative estimate of drug-likeness (QED) is 0.312. The molecule has 1 atom stereocenters. The van der Waals surface area contributed by atoms with Crippen LogP contribution in [0.4, 0.5) is 5.69 Å². The molecule has 1 saturated heterocycles. The molecule has 34 heavy (non-hydrogen) atoms. The Hall–Kier alpha value is -4.13. The molecule has 0 aliphatic carbocycles. The molecule has 2 heterocycles. The van der Waals surface area contributed by atoms with E-state index in [0.29, 0.717) is 40.8 Å². The minimum atomic E-state index is -0.812. The Morgan fingerprint density at radius 1 is 0.971 bits per heavy atom. The van der Waals surface area contributed by atoms with E-state index in [-0.39, 0.29) is 11.3 Å². The first-order valence-corrected chi connectivity index (χ1v) is 11.0. The number of aromatic nitrogens is 1. The molecular formula is C27H26N2O5. The number of carbonyl (C=O) groups excluding carboxylic acids is 2. The molecule has 1 amide bonds. The maximum Gasteiger partial charge on any atom is 0.300 e. The zero-order valence-electron chi connectivity index (χ0n) is 19.3. The number of hydrogen-bond donors (Lipinski definition) is 1. The largest absolute Gasteiger partial charge is 0.507 e. The van der Waals surface area contributed by atoms with Crippen molar-refractivity contribution in [2.24, 2.45) is 5.92 Å². The zero-order chi connectivity index (χ0) is 24.2. The van der Waals surface area contributed by atoms with Crippen LogP contribution >= 0.6 is 0 Å².